The Hall–Kier alpha value is -3.06. The van der Waals surface area contributed by atoms with Gasteiger partial charge < -0.3 is 5.32 Å². The van der Waals surface area contributed by atoms with Gasteiger partial charge in [-0.25, -0.2) is 4.98 Å². The molecule has 7 heteroatoms. The summed E-state index contributed by atoms with van der Waals surface area (Å²) in [5.74, 6) is -0.168. The van der Waals surface area contributed by atoms with Gasteiger partial charge in [0, 0.05) is 24.6 Å². The summed E-state index contributed by atoms with van der Waals surface area (Å²) in [5.41, 5.74) is 2.73. The number of benzene rings is 1. The fourth-order valence-corrected chi connectivity index (χ4v) is 4.37. The number of carbonyl (C=O) groups is 1. The lowest BCUT2D eigenvalue weighted by atomic mass is 10.1. The molecular weight excluding hydrogens is 396 g/mol. The molecule has 6 nitrogen and oxygen atoms in total. The minimum absolute atomic E-state index is 0.126. The second kappa shape index (κ2) is 9.17. The average molecular weight is 421 g/mol. The van der Waals surface area contributed by atoms with Crippen LogP contribution >= 0.6 is 11.3 Å². The normalized spacial score (nSPS) is 11.2. The Labute approximate surface area is 178 Å². The lowest BCUT2D eigenvalue weighted by Gasteiger charge is -2.03. The molecule has 154 valence electrons. The van der Waals surface area contributed by atoms with E-state index in [0.29, 0.717) is 27.3 Å². The highest BCUT2D eigenvalue weighted by molar-refractivity contribution is 7.18. The van der Waals surface area contributed by atoms with Gasteiger partial charge in [0.05, 0.1) is 10.9 Å². The maximum Gasteiger partial charge on any atom is 0.266 e. The quantitative estimate of drug-likeness (QED) is 0.437. The van der Waals surface area contributed by atoms with Crippen molar-refractivity contribution in [2.45, 2.75) is 39.0 Å². The van der Waals surface area contributed by atoms with Crippen molar-refractivity contribution in [3.8, 4) is 0 Å². The van der Waals surface area contributed by atoms with E-state index in [-0.39, 0.29) is 11.5 Å². The summed E-state index contributed by atoms with van der Waals surface area (Å²) in [6, 6.07) is 11.7. The van der Waals surface area contributed by atoms with Crippen LogP contribution in [0.1, 0.15) is 47.1 Å². The molecule has 0 aliphatic heterocycles. The summed E-state index contributed by atoms with van der Waals surface area (Å²) in [5, 5.41) is 3.54. The van der Waals surface area contributed by atoms with Crippen LogP contribution < -0.4 is 10.9 Å². The van der Waals surface area contributed by atoms with E-state index in [0.717, 1.165) is 43.4 Å². The molecule has 4 aromatic rings. The van der Waals surface area contributed by atoms with Gasteiger partial charge in [-0.05, 0) is 55.5 Å². The van der Waals surface area contributed by atoms with E-state index < -0.39 is 0 Å². The predicted octanol–water partition coefficient (Wildman–Crippen LogP) is 4.01. The molecular formula is C23H24N4O2S. The fourth-order valence-electron chi connectivity index (χ4n) is 3.47. The maximum absolute atomic E-state index is 12.9. The number of pyridine rings is 1. The molecule has 4 rings (SSSR count). The van der Waals surface area contributed by atoms with Gasteiger partial charge in [-0.3, -0.25) is 19.0 Å². The van der Waals surface area contributed by atoms with Crippen LogP contribution in [0, 0.1) is 0 Å². The molecule has 0 unspecified atom stereocenters. The Bertz CT molecular complexity index is 1230. The molecule has 1 aromatic carbocycles. The molecule has 30 heavy (non-hydrogen) atoms. The first-order valence-electron chi connectivity index (χ1n) is 10.3. The van der Waals surface area contributed by atoms with Crippen LogP contribution in [0.4, 0.5) is 0 Å². The summed E-state index contributed by atoms with van der Waals surface area (Å²) < 4.78 is 1.48. The number of carbonyl (C=O) groups excluding carboxylic acids is 1. The number of unbranched alkanes of at least 4 members (excludes halogenated alkanes) is 1. The number of nitrogens with zero attached hydrogens (tertiary/aromatic N) is 3. The predicted molar refractivity (Wildman–Crippen MR) is 120 cm³/mol. The second-order valence-electron chi connectivity index (χ2n) is 7.30. The maximum atomic E-state index is 12.9. The Morgan fingerprint density at radius 3 is 2.87 bits per heavy atom. The smallest absolute Gasteiger partial charge is 0.266 e. The molecule has 0 radical (unpaired) electrons. The number of hydrogen-bond acceptors (Lipinski definition) is 5. The third kappa shape index (κ3) is 4.41. The Morgan fingerprint density at radius 1 is 1.17 bits per heavy atom. The van der Waals surface area contributed by atoms with E-state index in [9.17, 15) is 9.59 Å². The van der Waals surface area contributed by atoms with Gasteiger partial charge in [0.15, 0.2) is 4.96 Å². The highest BCUT2D eigenvalue weighted by Crippen LogP contribution is 2.19. The number of fused-ring (bicyclic) bond motifs is 2. The molecule has 0 saturated carbocycles. The fraction of sp³-hybridized carbons (Fsp3) is 0.304. The summed E-state index contributed by atoms with van der Waals surface area (Å²) in [7, 11) is 0. The molecule has 3 aromatic heterocycles. The van der Waals surface area contributed by atoms with Gasteiger partial charge in [0.25, 0.3) is 11.5 Å². The Balaban J connectivity index is 1.43. The second-order valence-corrected chi connectivity index (χ2v) is 8.31. The van der Waals surface area contributed by atoms with Gasteiger partial charge in [-0.2, -0.15) is 0 Å². The third-order valence-corrected chi connectivity index (χ3v) is 6.00. The first-order valence-corrected chi connectivity index (χ1v) is 11.1. The lowest BCUT2D eigenvalue weighted by Crippen LogP contribution is -2.23. The molecule has 0 aliphatic rings. The van der Waals surface area contributed by atoms with Gasteiger partial charge >= 0.3 is 0 Å². The van der Waals surface area contributed by atoms with E-state index >= 15 is 0 Å². The number of aryl methyl sites for hydroxylation is 2. The van der Waals surface area contributed by atoms with Crippen molar-refractivity contribution < 1.29 is 4.79 Å². The largest absolute Gasteiger partial charge is 0.351 e. The third-order valence-electron chi connectivity index (χ3n) is 5.01. The number of nitrogens with one attached hydrogen (secondary N) is 1. The van der Waals surface area contributed by atoms with Crippen molar-refractivity contribution >= 4 is 33.1 Å². The van der Waals surface area contributed by atoms with Crippen LogP contribution in [0.15, 0.2) is 53.6 Å². The van der Waals surface area contributed by atoms with Crippen LogP contribution in [0.5, 0.6) is 0 Å². The van der Waals surface area contributed by atoms with Crippen molar-refractivity contribution in [1.29, 1.82) is 0 Å². The summed E-state index contributed by atoms with van der Waals surface area (Å²) in [6.45, 7) is 2.70. The number of rotatable bonds is 8. The van der Waals surface area contributed by atoms with Crippen LogP contribution in [-0.4, -0.2) is 26.8 Å². The number of hydrogen-bond donors (Lipinski definition) is 1. The van der Waals surface area contributed by atoms with E-state index in [2.05, 4.69) is 22.2 Å². The van der Waals surface area contributed by atoms with Crippen LogP contribution in [-0.2, 0) is 12.8 Å². The summed E-state index contributed by atoms with van der Waals surface area (Å²) >= 11 is 1.24. The highest BCUT2D eigenvalue weighted by Gasteiger charge is 2.14. The number of thiazole rings is 1. The molecule has 0 aliphatic carbocycles. The molecule has 3 heterocycles. The first-order chi connectivity index (χ1) is 14.7. The van der Waals surface area contributed by atoms with E-state index in [4.69, 9.17) is 0 Å². The molecule has 0 fully saturated rings. The van der Waals surface area contributed by atoms with Crippen LogP contribution in [0.3, 0.4) is 0 Å². The Morgan fingerprint density at radius 2 is 2.07 bits per heavy atom. The highest BCUT2D eigenvalue weighted by atomic mass is 32.1. The number of amides is 1. The zero-order valence-corrected chi connectivity index (χ0v) is 17.7. The van der Waals surface area contributed by atoms with Crippen molar-refractivity contribution in [3.05, 3.63) is 75.3 Å². The molecule has 1 N–H and O–H groups in total. The van der Waals surface area contributed by atoms with Crippen molar-refractivity contribution in [3.63, 3.8) is 0 Å². The molecule has 0 bridgehead atoms. The van der Waals surface area contributed by atoms with Crippen molar-refractivity contribution in [2.24, 2.45) is 0 Å². The topological polar surface area (TPSA) is 76.4 Å². The Kier molecular flexibility index (Phi) is 6.18. The number of aromatic nitrogens is 3. The zero-order valence-electron chi connectivity index (χ0n) is 16.9. The van der Waals surface area contributed by atoms with Gasteiger partial charge in [-0.1, -0.05) is 36.8 Å². The van der Waals surface area contributed by atoms with Crippen molar-refractivity contribution in [2.75, 3.05) is 6.54 Å². The summed E-state index contributed by atoms with van der Waals surface area (Å²) in [4.78, 5) is 35.4. The van der Waals surface area contributed by atoms with Crippen molar-refractivity contribution in [1.82, 2.24) is 19.7 Å². The molecule has 1 amide bonds. The van der Waals surface area contributed by atoms with Gasteiger partial charge in [-0.15, -0.1) is 0 Å². The lowest BCUT2D eigenvalue weighted by molar-refractivity contribution is 0.0956. The minimum atomic E-state index is -0.168. The molecule has 0 spiro atoms. The summed E-state index contributed by atoms with van der Waals surface area (Å²) in [6.07, 6.45) is 8.06. The molecule has 0 atom stereocenters. The zero-order chi connectivity index (χ0) is 20.9. The average Bonchev–Trinajstić information content (AvgIpc) is 3.19. The van der Waals surface area contributed by atoms with E-state index in [1.807, 2.05) is 36.4 Å². The monoisotopic (exact) mass is 420 g/mol. The first kappa shape index (κ1) is 20.2. The standard InChI is InChI=1S/C23H24N4O2S/c1-2-7-16-10-11-19-18(14-16)22(29)27-15-20(30-23(27)26-19)21(28)25-13-6-4-9-17-8-3-5-12-24-17/h3,5,8,10-12,14-15H,2,4,6-7,9,13H2,1H3,(H,25,28). The SMILES string of the molecule is CCCc1ccc2nc3sc(C(=O)NCCCCc4ccccn4)cn3c(=O)c2c1. The molecule has 0 saturated heterocycles. The van der Waals surface area contributed by atoms with Gasteiger partial charge in [0.1, 0.15) is 4.88 Å². The van der Waals surface area contributed by atoms with E-state index in [1.165, 1.54) is 15.7 Å². The van der Waals surface area contributed by atoms with Gasteiger partial charge in [0.2, 0.25) is 0 Å². The van der Waals surface area contributed by atoms with Crippen LogP contribution in [0.25, 0.3) is 15.9 Å². The van der Waals surface area contributed by atoms with E-state index in [1.54, 1.807) is 12.4 Å². The van der Waals surface area contributed by atoms with Crippen LogP contribution in [0.2, 0.25) is 0 Å². The minimum Gasteiger partial charge on any atom is -0.351 e.